The molecule has 0 aromatic carbocycles. The number of hydrogen-bond donors (Lipinski definition) is 0. The molecule has 1 amide bonds. The van der Waals surface area contributed by atoms with Crippen LogP contribution in [0.3, 0.4) is 0 Å². The van der Waals surface area contributed by atoms with E-state index in [1.165, 1.54) is 5.82 Å². The summed E-state index contributed by atoms with van der Waals surface area (Å²) in [5, 5.41) is 0. The van der Waals surface area contributed by atoms with Gasteiger partial charge in [-0.25, -0.2) is 0 Å². The van der Waals surface area contributed by atoms with Crippen molar-refractivity contribution in [2.24, 2.45) is 0 Å². The highest BCUT2D eigenvalue weighted by Gasteiger charge is 2.23. The Morgan fingerprint density at radius 1 is 0.889 bits per heavy atom. The van der Waals surface area contributed by atoms with Crippen molar-refractivity contribution in [3.63, 3.8) is 0 Å². The van der Waals surface area contributed by atoms with Crippen LogP contribution in [0.25, 0.3) is 5.52 Å². The molecule has 0 unspecified atom stereocenters. The molecule has 0 atom stereocenters. The summed E-state index contributed by atoms with van der Waals surface area (Å²) in [6.45, 7) is 12.3. The van der Waals surface area contributed by atoms with E-state index in [0.29, 0.717) is 6.04 Å². The molecule has 2 aromatic heterocycles. The Morgan fingerprint density at radius 3 is 2.22 bits per heavy atom. The fourth-order valence-corrected chi connectivity index (χ4v) is 4.13. The van der Waals surface area contributed by atoms with Crippen LogP contribution in [0.4, 0.5) is 5.82 Å². The Balaban J connectivity index is 1.54. The summed E-state index contributed by atoms with van der Waals surface area (Å²) in [7, 11) is 2.11. The molecule has 2 aliphatic heterocycles. The zero-order chi connectivity index (χ0) is 19.0. The standard InChI is InChI=1S/C21H31N5O/c1-17(2)23-12-14-24(15-13-23)20-7-6-19-5-4-18(16-26(19)20)21(27)25-10-8-22(3)9-11-25/h4-7,16-17H,8-15H2,1-3H3. The predicted molar refractivity (Wildman–Crippen MR) is 110 cm³/mol. The van der Waals surface area contributed by atoms with Crippen molar-refractivity contribution in [1.82, 2.24) is 19.1 Å². The van der Waals surface area contributed by atoms with E-state index in [4.69, 9.17) is 0 Å². The molecule has 0 radical (unpaired) electrons. The maximum atomic E-state index is 13.0. The number of nitrogens with zero attached hydrogens (tertiary/aromatic N) is 5. The van der Waals surface area contributed by atoms with Crippen LogP contribution in [-0.2, 0) is 0 Å². The number of likely N-dealkylation sites (N-methyl/N-ethyl adjacent to an activating group) is 1. The average Bonchev–Trinajstić information content (AvgIpc) is 3.11. The highest BCUT2D eigenvalue weighted by molar-refractivity contribution is 5.94. The fourth-order valence-electron chi connectivity index (χ4n) is 4.13. The normalized spacial score (nSPS) is 20.0. The van der Waals surface area contributed by atoms with Crippen molar-refractivity contribution in [2.45, 2.75) is 19.9 Å². The smallest absolute Gasteiger partial charge is 0.255 e. The molecule has 27 heavy (non-hydrogen) atoms. The van der Waals surface area contributed by atoms with Gasteiger partial charge < -0.3 is 19.1 Å². The van der Waals surface area contributed by atoms with Gasteiger partial charge in [0.25, 0.3) is 5.91 Å². The third kappa shape index (κ3) is 3.69. The molecule has 4 rings (SSSR count). The summed E-state index contributed by atoms with van der Waals surface area (Å²) in [5.41, 5.74) is 1.93. The van der Waals surface area contributed by atoms with Crippen LogP contribution in [0.5, 0.6) is 0 Å². The molecule has 6 nitrogen and oxygen atoms in total. The minimum atomic E-state index is 0.147. The Kier molecular flexibility index (Phi) is 5.10. The van der Waals surface area contributed by atoms with Crippen LogP contribution < -0.4 is 4.90 Å². The lowest BCUT2D eigenvalue weighted by Crippen LogP contribution is -2.49. The highest BCUT2D eigenvalue weighted by atomic mass is 16.2. The molecule has 0 N–H and O–H groups in total. The number of rotatable bonds is 3. The molecular weight excluding hydrogens is 338 g/mol. The van der Waals surface area contributed by atoms with E-state index in [1.807, 2.05) is 17.2 Å². The second kappa shape index (κ2) is 7.52. The lowest BCUT2D eigenvalue weighted by molar-refractivity contribution is 0.0663. The molecule has 2 aliphatic rings. The summed E-state index contributed by atoms with van der Waals surface area (Å²) in [4.78, 5) is 22.2. The minimum absolute atomic E-state index is 0.147. The van der Waals surface area contributed by atoms with E-state index in [-0.39, 0.29) is 5.91 Å². The van der Waals surface area contributed by atoms with Gasteiger partial charge in [0.1, 0.15) is 5.82 Å². The Labute approximate surface area is 161 Å². The lowest BCUT2D eigenvalue weighted by Gasteiger charge is -2.37. The zero-order valence-electron chi connectivity index (χ0n) is 16.8. The first-order valence-corrected chi connectivity index (χ1v) is 10.1. The topological polar surface area (TPSA) is 34.4 Å². The van der Waals surface area contributed by atoms with Crippen LogP contribution in [0.1, 0.15) is 24.2 Å². The van der Waals surface area contributed by atoms with Crippen molar-refractivity contribution < 1.29 is 4.79 Å². The second-order valence-electron chi connectivity index (χ2n) is 8.12. The summed E-state index contributed by atoms with van der Waals surface area (Å²) in [6.07, 6.45) is 2.03. The molecule has 6 heteroatoms. The van der Waals surface area contributed by atoms with Gasteiger partial charge in [-0.3, -0.25) is 9.69 Å². The third-order valence-electron chi connectivity index (χ3n) is 6.04. The number of aromatic nitrogens is 1. The first-order chi connectivity index (χ1) is 13.0. The average molecular weight is 370 g/mol. The summed E-state index contributed by atoms with van der Waals surface area (Å²) >= 11 is 0. The van der Waals surface area contributed by atoms with Gasteiger partial charge in [-0.05, 0) is 45.2 Å². The number of amides is 1. The fraction of sp³-hybridized carbons (Fsp3) is 0.571. The van der Waals surface area contributed by atoms with Crippen LogP contribution in [0.15, 0.2) is 30.5 Å². The number of piperazine rings is 2. The first kappa shape index (κ1) is 18.3. The van der Waals surface area contributed by atoms with Crippen LogP contribution in [0, 0.1) is 0 Å². The van der Waals surface area contributed by atoms with E-state index < -0.39 is 0 Å². The van der Waals surface area contributed by atoms with Gasteiger partial charge in [0.15, 0.2) is 0 Å². The molecule has 0 bridgehead atoms. The zero-order valence-corrected chi connectivity index (χ0v) is 16.8. The van der Waals surface area contributed by atoms with Crippen LogP contribution in [-0.4, -0.2) is 90.5 Å². The second-order valence-corrected chi connectivity index (χ2v) is 8.12. The lowest BCUT2D eigenvalue weighted by atomic mass is 10.2. The molecule has 2 fully saturated rings. The molecule has 2 saturated heterocycles. The van der Waals surface area contributed by atoms with E-state index in [2.05, 4.69) is 58.2 Å². The first-order valence-electron chi connectivity index (χ1n) is 10.1. The minimum Gasteiger partial charge on any atom is -0.355 e. The third-order valence-corrected chi connectivity index (χ3v) is 6.04. The van der Waals surface area contributed by atoms with Gasteiger partial charge in [-0.15, -0.1) is 0 Å². The summed E-state index contributed by atoms with van der Waals surface area (Å²) < 4.78 is 2.19. The number of hydrogen-bond acceptors (Lipinski definition) is 4. The molecule has 4 heterocycles. The van der Waals surface area contributed by atoms with Crippen LogP contribution in [0.2, 0.25) is 0 Å². The van der Waals surface area contributed by atoms with Crippen molar-refractivity contribution in [2.75, 3.05) is 64.3 Å². The predicted octanol–water partition coefficient (Wildman–Crippen LogP) is 1.86. The maximum absolute atomic E-state index is 13.0. The van der Waals surface area contributed by atoms with Gasteiger partial charge in [0.2, 0.25) is 0 Å². The largest absolute Gasteiger partial charge is 0.355 e. The molecule has 0 aliphatic carbocycles. The maximum Gasteiger partial charge on any atom is 0.255 e. The Morgan fingerprint density at radius 2 is 1.56 bits per heavy atom. The van der Waals surface area contributed by atoms with Crippen LogP contribution >= 0.6 is 0 Å². The van der Waals surface area contributed by atoms with Gasteiger partial charge in [-0.1, -0.05) is 0 Å². The van der Waals surface area contributed by atoms with Gasteiger partial charge in [0.05, 0.1) is 5.56 Å². The summed E-state index contributed by atoms with van der Waals surface area (Å²) in [5.74, 6) is 1.34. The monoisotopic (exact) mass is 369 g/mol. The molecule has 0 spiro atoms. The van der Waals surface area contributed by atoms with Gasteiger partial charge in [0, 0.05) is 70.1 Å². The van der Waals surface area contributed by atoms with Crippen molar-refractivity contribution >= 4 is 17.2 Å². The van der Waals surface area contributed by atoms with E-state index in [1.54, 1.807) is 0 Å². The van der Waals surface area contributed by atoms with E-state index >= 15 is 0 Å². The molecule has 2 aromatic rings. The Hall–Kier alpha value is -2.05. The van der Waals surface area contributed by atoms with Crippen molar-refractivity contribution in [3.8, 4) is 0 Å². The van der Waals surface area contributed by atoms with Crippen molar-refractivity contribution in [1.29, 1.82) is 0 Å². The highest BCUT2D eigenvalue weighted by Crippen LogP contribution is 2.23. The Bertz CT molecular complexity index is 798. The SMILES string of the molecule is CC(C)N1CCN(c2ccc3ccc(C(=O)N4CCN(C)CC4)cn23)CC1. The number of pyridine rings is 1. The van der Waals surface area contributed by atoms with E-state index in [9.17, 15) is 4.79 Å². The number of carbonyl (C=O) groups is 1. The van der Waals surface area contributed by atoms with E-state index in [0.717, 1.165) is 63.4 Å². The van der Waals surface area contributed by atoms with Gasteiger partial charge in [-0.2, -0.15) is 0 Å². The summed E-state index contributed by atoms with van der Waals surface area (Å²) in [6, 6.07) is 8.97. The number of anilines is 1. The molecular formula is C21H31N5O. The van der Waals surface area contributed by atoms with Crippen molar-refractivity contribution in [3.05, 3.63) is 36.0 Å². The number of carbonyl (C=O) groups excluding carboxylic acids is 1. The number of fused-ring (bicyclic) bond motifs is 1. The van der Waals surface area contributed by atoms with Gasteiger partial charge >= 0.3 is 0 Å². The quantitative estimate of drug-likeness (QED) is 0.827. The molecule has 0 saturated carbocycles. The molecule has 146 valence electrons.